The maximum Gasteiger partial charge on any atom is 0.306 e. The molecule has 0 N–H and O–H groups in total. The molecular formula is C64H116O6. The topological polar surface area (TPSA) is 78.9 Å². The highest BCUT2D eigenvalue weighted by Crippen LogP contribution is 2.16. The first kappa shape index (κ1) is 67.4. The van der Waals surface area contributed by atoms with Crippen LogP contribution in [0.1, 0.15) is 323 Å². The summed E-state index contributed by atoms with van der Waals surface area (Å²) < 4.78 is 16.8. The zero-order valence-electron chi connectivity index (χ0n) is 46.8. The highest BCUT2D eigenvalue weighted by molar-refractivity contribution is 5.71. The predicted molar refractivity (Wildman–Crippen MR) is 302 cm³/mol. The Morgan fingerprint density at radius 2 is 0.514 bits per heavy atom. The molecule has 0 aliphatic carbocycles. The summed E-state index contributed by atoms with van der Waals surface area (Å²) in [6.45, 7) is 6.61. The quantitative estimate of drug-likeness (QED) is 0.0261. The van der Waals surface area contributed by atoms with E-state index in [9.17, 15) is 14.4 Å². The molecule has 1 unspecified atom stereocenters. The molecule has 0 saturated heterocycles. The Labute approximate surface area is 435 Å². The molecule has 0 radical (unpaired) electrons. The molecule has 0 saturated carbocycles. The Bertz CT molecular complexity index is 1220. The van der Waals surface area contributed by atoms with Gasteiger partial charge < -0.3 is 14.2 Å². The minimum atomic E-state index is -0.772. The molecule has 0 aromatic heterocycles. The molecule has 0 rings (SSSR count). The molecule has 0 fully saturated rings. The van der Waals surface area contributed by atoms with Crippen LogP contribution in [0.15, 0.2) is 48.6 Å². The Morgan fingerprint density at radius 3 is 0.814 bits per heavy atom. The number of unbranched alkanes of at least 4 members (excludes halogenated alkanes) is 37. The number of carbonyl (C=O) groups excluding carboxylic acids is 3. The minimum absolute atomic E-state index is 0.0729. The van der Waals surface area contributed by atoms with Crippen LogP contribution >= 0.6 is 0 Å². The van der Waals surface area contributed by atoms with Crippen LogP contribution < -0.4 is 0 Å². The van der Waals surface area contributed by atoms with Crippen molar-refractivity contribution in [3.63, 3.8) is 0 Å². The van der Waals surface area contributed by atoms with Crippen molar-refractivity contribution in [1.29, 1.82) is 0 Å². The van der Waals surface area contributed by atoms with Gasteiger partial charge >= 0.3 is 17.9 Å². The maximum atomic E-state index is 12.8. The molecule has 0 amide bonds. The van der Waals surface area contributed by atoms with Crippen LogP contribution in [-0.2, 0) is 28.6 Å². The van der Waals surface area contributed by atoms with Gasteiger partial charge in [0, 0.05) is 19.3 Å². The van der Waals surface area contributed by atoms with E-state index in [1.54, 1.807) is 0 Å². The Hall–Kier alpha value is -2.63. The third-order valence-corrected chi connectivity index (χ3v) is 13.6. The van der Waals surface area contributed by atoms with Gasteiger partial charge in [-0.05, 0) is 83.5 Å². The zero-order valence-corrected chi connectivity index (χ0v) is 46.8. The number of carbonyl (C=O) groups is 3. The normalized spacial score (nSPS) is 12.3. The second-order valence-corrected chi connectivity index (χ2v) is 20.6. The van der Waals surface area contributed by atoms with Gasteiger partial charge in [0.15, 0.2) is 6.10 Å². The standard InChI is InChI=1S/C64H116O6/c1-4-7-10-13-16-18-20-22-24-26-28-29-30-31-32-33-34-35-36-38-39-41-43-45-48-51-54-57-63(66)69-60-61(59-68-62(65)56-53-50-47-15-12-9-6-3)70-64(67)58-55-52-49-46-44-42-40-37-27-25-23-21-19-17-14-11-8-5-2/h20,22,25-28,30-31,61H,4-19,21,23-24,29,32-60H2,1-3H3/b22-20-,27-25-,28-26-,31-30-. The molecule has 408 valence electrons. The molecule has 0 aromatic rings. The largest absolute Gasteiger partial charge is 0.462 e. The summed E-state index contributed by atoms with van der Waals surface area (Å²) in [6, 6.07) is 0. The lowest BCUT2D eigenvalue weighted by molar-refractivity contribution is -0.167. The maximum absolute atomic E-state index is 12.8. The Morgan fingerprint density at radius 1 is 0.286 bits per heavy atom. The fourth-order valence-electron chi connectivity index (χ4n) is 8.92. The number of hydrogen-bond acceptors (Lipinski definition) is 6. The number of esters is 3. The van der Waals surface area contributed by atoms with Crippen LogP contribution in [0.2, 0.25) is 0 Å². The van der Waals surface area contributed by atoms with Crippen LogP contribution in [0.3, 0.4) is 0 Å². The van der Waals surface area contributed by atoms with Gasteiger partial charge in [0.2, 0.25) is 0 Å². The molecule has 0 aliphatic heterocycles. The fraction of sp³-hybridized carbons (Fsp3) is 0.828. The van der Waals surface area contributed by atoms with E-state index in [1.807, 2.05) is 0 Å². The third-order valence-electron chi connectivity index (χ3n) is 13.6. The number of ether oxygens (including phenoxy) is 3. The average Bonchev–Trinajstić information content (AvgIpc) is 3.36. The lowest BCUT2D eigenvalue weighted by Gasteiger charge is -2.18. The molecule has 0 bridgehead atoms. The smallest absolute Gasteiger partial charge is 0.306 e. The summed E-state index contributed by atoms with van der Waals surface area (Å²) in [7, 11) is 0. The summed E-state index contributed by atoms with van der Waals surface area (Å²) in [4.78, 5) is 38.0. The third kappa shape index (κ3) is 56.3. The van der Waals surface area contributed by atoms with E-state index < -0.39 is 6.10 Å². The first-order chi connectivity index (χ1) is 34.5. The molecule has 0 aliphatic rings. The van der Waals surface area contributed by atoms with Crippen molar-refractivity contribution in [3.05, 3.63) is 48.6 Å². The first-order valence-corrected chi connectivity index (χ1v) is 30.6. The zero-order chi connectivity index (χ0) is 50.7. The lowest BCUT2D eigenvalue weighted by atomic mass is 10.0. The van der Waals surface area contributed by atoms with Gasteiger partial charge in [-0.1, -0.05) is 268 Å². The summed E-state index contributed by atoms with van der Waals surface area (Å²) in [5, 5.41) is 0. The van der Waals surface area contributed by atoms with Crippen molar-refractivity contribution in [3.8, 4) is 0 Å². The number of rotatable bonds is 56. The second-order valence-electron chi connectivity index (χ2n) is 20.6. The Kier molecular flexibility index (Phi) is 56.7. The molecule has 0 spiro atoms. The molecule has 70 heavy (non-hydrogen) atoms. The van der Waals surface area contributed by atoms with Gasteiger partial charge in [0.05, 0.1) is 0 Å². The average molecular weight is 982 g/mol. The molecular weight excluding hydrogens is 865 g/mol. The summed E-state index contributed by atoms with van der Waals surface area (Å²) in [5.41, 5.74) is 0. The van der Waals surface area contributed by atoms with Gasteiger partial charge in [-0.25, -0.2) is 0 Å². The molecule has 1 atom stereocenters. The molecule has 0 aromatic carbocycles. The fourth-order valence-corrected chi connectivity index (χ4v) is 8.92. The van der Waals surface area contributed by atoms with Crippen molar-refractivity contribution in [2.45, 2.75) is 329 Å². The lowest BCUT2D eigenvalue weighted by Crippen LogP contribution is -2.30. The van der Waals surface area contributed by atoms with Crippen LogP contribution in [0, 0.1) is 0 Å². The molecule has 6 heteroatoms. The molecule has 0 heterocycles. The van der Waals surface area contributed by atoms with Crippen LogP contribution in [0.25, 0.3) is 0 Å². The highest BCUT2D eigenvalue weighted by atomic mass is 16.6. The van der Waals surface area contributed by atoms with E-state index in [-0.39, 0.29) is 31.1 Å². The van der Waals surface area contributed by atoms with E-state index in [0.29, 0.717) is 19.3 Å². The summed E-state index contributed by atoms with van der Waals surface area (Å²) in [5.74, 6) is -0.871. The highest BCUT2D eigenvalue weighted by Gasteiger charge is 2.19. The monoisotopic (exact) mass is 981 g/mol. The van der Waals surface area contributed by atoms with E-state index in [1.165, 1.54) is 212 Å². The van der Waals surface area contributed by atoms with E-state index in [4.69, 9.17) is 14.2 Å². The van der Waals surface area contributed by atoms with E-state index in [0.717, 1.165) is 70.6 Å². The molecule has 6 nitrogen and oxygen atoms in total. The second kappa shape index (κ2) is 58.9. The summed E-state index contributed by atoms with van der Waals surface area (Å²) >= 11 is 0. The van der Waals surface area contributed by atoms with Gasteiger partial charge in [0.25, 0.3) is 0 Å². The number of allylic oxidation sites excluding steroid dienone is 8. The SMILES string of the molecule is CCCCCCC/C=C\C/C=C\C/C=C\CCCCCCCCCCCCCCC(=O)OCC(COC(=O)CCCCCCCCC)OC(=O)CCCCCCCCC/C=C\CCCCCCCCC. The first-order valence-electron chi connectivity index (χ1n) is 30.6. The van der Waals surface area contributed by atoms with Crippen molar-refractivity contribution in [2.24, 2.45) is 0 Å². The van der Waals surface area contributed by atoms with E-state index >= 15 is 0 Å². The number of hydrogen-bond donors (Lipinski definition) is 0. The minimum Gasteiger partial charge on any atom is -0.462 e. The van der Waals surface area contributed by atoms with E-state index in [2.05, 4.69) is 69.4 Å². The van der Waals surface area contributed by atoms with Crippen molar-refractivity contribution in [1.82, 2.24) is 0 Å². The van der Waals surface area contributed by atoms with Gasteiger partial charge in [-0.3, -0.25) is 14.4 Å². The van der Waals surface area contributed by atoms with Crippen LogP contribution in [-0.4, -0.2) is 37.2 Å². The predicted octanol–water partition coefficient (Wildman–Crippen LogP) is 20.6. The van der Waals surface area contributed by atoms with Crippen molar-refractivity contribution in [2.75, 3.05) is 13.2 Å². The van der Waals surface area contributed by atoms with Gasteiger partial charge in [-0.15, -0.1) is 0 Å². The van der Waals surface area contributed by atoms with Gasteiger partial charge in [0.1, 0.15) is 13.2 Å². The van der Waals surface area contributed by atoms with Gasteiger partial charge in [-0.2, -0.15) is 0 Å². The summed E-state index contributed by atoms with van der Waals surface area (Å²) in [6.07, 6.45) is 72.8. The van der Waals surface area contributed by atoms with Crippen molar-refractivity contribution >= 4 is 17.9 Å². The van der Waals surface area contributed by atoms with Crippen molar-refractivity contribution < 1.29 is 28.6 Å². The van der Waals surface area contributed by atoms with Crippen LogP contribution in [0.4, 0.5) is 0 Å². The Balaban J connectivity index is 4.12. The van der Waals surface area contributed by atoms with Crippen LogP contribution in [0.5, 0.6) is 0 Å².